The normalized spacial score (nSPS) is 14.8. The standard InChI is InChI=1S/C25H33N3O4/c1-25(2,3)32-24(31)26-14-11-22(29)28-15-12-18(13-16-28)17-27-23(30)21-10-6-8-19-7-4-5-9-20(19)21/h4-10,18H,11-17H2,1-3H3,(H,26,31)(H,27,30). The van der Waals surface area contributed by atoms with E-state index in [0.29, 0.717) is 31.1 Å². The van der Waals surface area contributed by atoms with Crippen LogP contribution in [0.5, 0.6) is 0 Å². The minimum atomic E-state index is -0.557. The number of carbonyl (C=O) groups excluding carboxylic acids is 3. The Morgan fingerprint density at radius 2 is 1.69 bits per heavy atom. The van der Waals surface area contributed by atoms with Crippen LogP contribution in [-0.2, 0) is 9.53 Å². The number of hydrogen-bond acceptors (Lipinski definition) is 4. The summed E-state index contributed by atoms with van der Waals surface area (Å²) < 4.78 is 5.17. The van der Waals surface area contributed by atoms with Gasteiger partial charge in [0.05, 0.1) is 0 Å². The van der Waals surface area contributed by atoms with Gasteiger partial charge in [0.15, 0.2) is 0 Å². The molecule has 0 aromatic heterocycles. The van der Waals surface area contributed by atoms with Crippen LogP contribution in [0, 0.1) is 5.92 Å². The Labute approximate surface area is 189 Å². The van der Waals surface area contributed by atoms with Gasteiger partial charge in [0.1, 0.15) is 5.60 Å². The van der Waals surface area contributed by atoms with Gasteiger partial charge in [-0.1, -0.05) is 36.4 Å². The van der Waals surface area contributed by atoms with Gasteiger partial charge in [0, 0.05) is 38.2 Å². The lowest BCUT2D eigenvalue weighted by molar-refractivity contribution is -0.132. The van der Waals surface area contributed by atoms with E-state index in [0.717, 1.165) is 23.6 Å². The molecule has 32 heavy (non-hydrogen) atoms. The van der Waals surface area contributed by atoms with Gasteiger partial charge in [0.25, 0.3) is 5.91 Å². The van der Waals surface area contributed by atoms with Gasteiger partial charge in [0.2, 0.25) is 5.91 Å². The lowest BCUT2D eigenvalue weighted by atomic mass is 9.96. The van der Waals surface area contributed by atoms with Gasteiger partial charge in [-0.15, -0.1) is 0 Å². The maximum absolute atomic E-state index is 12.7. The summed E-state index contributed by atoms with van der Waals surface area (Å²) in [6.45, 7) is 7.59. The Bertz CT molecular complexity index is 954. The van der Waals surface area contributed by atoms with E-state index >= 15 is 0 Å². The Hall–Kier alpha value is -3.09. The van der Waals surface area contributed by atoms with Crippen LogP contribution in [0.3, 0.4) is 0 Å². The molecule has 0 unspecified atom stereocenters. The molecule has 0 saturated carbocycles. The van der Waals surface area contributed by atoms with Crippen molar-refractivity contribution in [3.8, 4) is 0 Å². The molecule has 3 amide bonds. The smallest absolute Gasteiger partial charge is 0.407 e. The van der Waals surface area contributed by atoms with Crippen molar-refractivity contribution in [2.45, 2.75) is 45.6 Å². The highest BCUT2D eigenvalue weighted by atomic mass is 16.6. The Morgan fingerprint density at radius 3 is 2.41 bits per heavy atom. The maximum atomic E-state index is 12.7. The highest BCUT2D eigenvalue weighted by Crippen LogP contribution is 2.20. The van der Waals surface area contributed by atoms with E-state index in [9.17, 15) is 14.4 Å². The summed E-state index contributed by atoms with van der Waals surface area (Å²) in [6.07, 6.45) is 1.44. The van der Waals surface area contributed by atoms with Crippen LogP contribution in [0.15, 0.2) is 42.5 Å². The molecule has 172 valence electrons. The van der Waals surface area contributed by atoms with E-state index in [4.69, 9.17) is 4.74 Å². The minimum absolute atomic E-state index is 0.0271. The van der Waals surface area contributed by atoms with E-state index in [1.54, 1.807) is 20.8 Å². The van der Waals surface area contributed by atoms with Crippen molar-refractivity contribution in [1.82, 2.24) is 15.5 Å². The third kappa shape index (κ3) is 6.70. The molecule has 0 atom stereocenters. The molecule has 0 bridgehead atoms. The molecular formula is C25H33N3O4. The molecule has 7 nitrogen and oxygen atoms in total. The fourth-order valence-electron chi connectivity index (χ4n) is 3.89. The first-order valence-electron chi connectivity index (χ1n) is 11.2. The average Bonchev–Trinajstić information content (AvgIpc) is 2.76. The number of likely N-dealkylation sites (tertiary alicyclic amines) is 1. The topological polar surface area (TPSA) is 87.7 Å². The molecule has 0 radical (unpaired) electrons. The Morgan fingerprint density at radius 1 is 1.00 bits per heavy atom. The van der Waals surface area contributed by atoms with E-state index in [1.807, 2.05) is 47.4 Å². The number of carbonyl (C=O) groups is 3. The maximum Gasteiger partial charge on any atom is 0.407 e. The van der Waals surface area contributed by atoms with Crippen molar-refractivity contribution in [2.24, 2.45) is 5.92 Å². The lowest BCUT2D eigenvalue weighted by Crippen LogP contribution is -2.42. The van der Waals surface area contributed by atoms with Gasteiger partial charge in [-0.3, -0.25) is 9.59 Å². The third-order valence-corrected chi connectivity index (χ3v) is 5.56. The minimum Gasteiger partial charge on any atom is -0.444 e. The fraction of sp³-hybridized carbons (Fsp3) is 0.480. The molecule has 2 N–H and O–H groups in total. The largest absolute Gasteiger partial charge is 0.444 e. The number of fused-ring (bicyclic) bond motifs is 1. The Balaban J connectivity index is 1.39. The SMILES string of the molecule is CC(C)(C)OC(=O)NCCC(=O)N1CCC(CNC(=O)c2cccc3ccccc23)CC1. The van der Waals surface area contributed by atoms with E-state index < -0.39 is 11.7 Å². The molecule has 0 spiro atoms. The number of nitrogens with one attached hydrogen (secondary N) is 2. The van der Waals surface area contributed by atoms with Crippen molar-refractivity contribution in [1.29, 1.82) is 0 Å². The predicted octanol–water partition coefficient (Wildman–Crippen LogP) is 3.72. The summed E-state index contributed by atoms with van der Waals surface area (Å²) in [7, 11) is 0. The first-order valence-corrected chi connectivity index (χ1v) is 11.2. The zero-order valence-corrected chi connectivity index (χ0v) is 19.1. The number of alkyl carbamates (subject to hydrolysis) is 1. The number of nitrogens with zero attached hydrogens (tertiary/aromatic N) is 1. The molecule has 1 aliphatic heterocycles. The van der Waals surface area contributed by atoms with E-state index in [-0.39, 0.29) is 24.8 Å². The summed E-state index contributed by atoms with van der Waals surface area (Å²) in [4.78, 5) is 38.6. The highest BCUT2D eigenvalue weighted by Gasteiger charge is 2.23. The number of piperidine rings is 1. The van der Waals surface area contributed by atoms with Crippen LogP contribution in [0.25, 0.3) is 10.8 Å². The van der Waals surface area contributed by atoms with Gasteiger partial charge >= 0.3 is 6.09 Å². The van der Waals surface area contributed by atoms with Crippen molar-refractivity contribution in [3.63, 3.8) is 0 Å². The second-order valence-electron chi connectivity index (χ2n) is 9.24. The summed E-state index contributed by atoms with van der Waals surface area (Å²) in [6, 6.07) is 13.6. The molecule has 3 rings (SSSR count). The quantitative estimate of drug-likeness (QED) is 0.718. The van der Waals surface area contributed by atoms with E-state index in [2.05, 4.69) is 10.6 Å². The molecule has 2 aromatic rings. The molecule has 1 heterocycles. The first kappa shape index (κ1) is 23.6. The fourth-order valence-corrected chi connectivity index (χ4v) is 3.89. The van der Waals surface area contributed by atoms with Crippen molar-refractivity contribution >= 4 is 28.7 Å². The van der Waals surface area contributed by atoms with Gasteiger partial charge in [-0.2, -0.15) is 0 Å². The van der Waals surface area contributed by atoms with Crippen LogP contribution < -0.4 is 10.6 Å². The summed E-state index contributed by atoms with van der Waals surface area (Å²) in [5, 5.41) is 7.69. The average molecular weight is 440 g/mol. The number of hydrogen-bond donors (Lipinski definition) is 2. The molecule has 2 aromatic carbocycles. The second kappa shape index (κ2) is 10.5. The summed E-state index contributed by atoms with van der Waals surface area (Å²) >= 11 is 0. The van der Waals surface area contributed by atoms with Crippen LogP contribution in [0.1, 0.15) is 50.4 Å². The van der Waals surface area contributed by atoms with Crippen LogP contribution in [0.4, 0.5) is 4.79 Å². The molecule has 7 heteroatoms. The third-order valence-electron chi connectivity index (χ3n) is 5.56. The predicted molar refractivity (Wildman–Crippen MR) is 124 cm³/mol. The summed E-state index contributed by atoms with van der Waals surface area (Å²) in [5.74, 6) is 0.311. The molecule has 1 fully saturated rings. The molecule has 1 aliphatic rings. The van der Waals surface area contributed by atoms with Crippen molar-refractivity contribution in [2.75, 3.05) is 26.2 Å². The number of ether oxygens (including phenoxy) is 1. The van der Waals surface area contributed by atoms with Crippen LogP contribution in [0.2, 0.25) is 0 Å². The number of rotatable bonds is 6. The number of benzene rings is 2. The monoisotopic (exact) mass is 439 g/mol. The zero-order chi connectivity index (χ0) is 23.1. The highest BCUT2D eigenvalue weighted by molar-refractivity contribution is 6.07. The van der Waals surface area contributed by atoms with Crippen molar-refractivity contribution < 1.29 is 19.1 Å². The number of amides is 3. The first-order chi connectivity index (χ1) is 15.2. The second-order valence-corrected chi connectivity index (χ2v) is 9.24. The molecular weight excluding hydrogens is 406 g/mol. The summed E-state index contributed by atoms with van der Waals surface area (Å²) in [5.41, 5.74) is 0.132. The Kier molecular flexibility index (Phi) is 7.72. The van der Waals surface area contributed by atoms with Crippen LogP contribution in [-0.4, -0.2) is 54.6 Å². The zero-order valence-electron chi connectivity index (χ0n) is 19.1. The lowest BCUT2D eigenvalue weighted by Gasteiger charge is -2.32. The molecule has 0 aliphatic carbocycles. The van der Waals surface area contributed by atoms with E-state index in [1.165, 1.54) is 0 Å². The van der Waals surface area contributed by atoms with Crippen molar-refractivity contribution in [3.05, 3.63) is 48.0 Å². The van der Waals surface area contributed by atoms with Gasteiger partial charge < -0.3 is 20.3 Å². The van der Waals surface area contributed by atoms with Crippen LogP contribution >= 0.6 is 0 Å². The molecule has 1 saturated heterocycles. The van der Waals surface area contributed by atoms with Gasteiger partial charge in [-0.25, -0.2) is 4.79 Å². The van der Waals surface area contributed by atoms with Gasteiger partial charge in [-0.05, 0) is 56.4 Å².